The number of hydrogen-bond donors (Lipinski definition) is 1. The summed E-state index contributed by atoms with van der Waals surface area (Å²) in [6.45, 7) is 4.94. The number of nitrogens with zero attached hydrogens (tertiary/aromatic N) is 3. The van der Waals surface area contributed by atoms with Gasteiger partial charge in [-0.05, 0) is 20.4 Å². The molecule has 0 aliphatic carbocycles. The van der Waals surface area contributed by atoms with Crippen LogP contribution in [-0.4, -0.2) is 30.1 Å². The van der Waals surface area contributed by atoms with Gasteiger partial charge in [-0.1, -0.05) is 11.6 Å². The molecule has 0 amide bonds. The maximum absolute atomic E-state index is 4.45. The van der Waals surface area contributed by atoms with Gasteiger partial charge in [-0.15, -0.1) is 0 Å². The van der Waals surface area contributed by atoms with E-state index in [-0.39, 0.29) is 0 Å². The molecule has 2 rings (SSSR count). The standard InChI is InChI=1S/C12H18N4/c1-10-4-3-5-16(9-10)12-8-14-11(6-13-2)7-15-12/h4,7-8,13H,3,5-6,9H2,1-2H3. The first kappa shape index (κ1) is 11.1. The predicted molar refractivity (Wildman–Crippen MR) is 65.4 cm³/mol. The van der Waals surface area contributed by atoms with E-state index in [1.165, 1.54) is 5.57 Å². The van der Waals surface area contributed by atoms with Gasteiger partial charge in [-0.25, -0.2) is 4.98 Å². The van der Waals surface area contributed by atoms with Crippen LogP contribution in [0.1, 0.15) is 19.0 Å². The van der Waals surface area contributed by atoms with Crippen molar-refractivity contribution in [1.29, 1.82) is 0 Å². The summed E-state index contributed by atoms with van der Waals surface area (Å²) in [6, 6.07) is 0. The summed E-state index contributed by atoms with van der Waals surface area (Å²) in [7, 11) is 1.91. The average Bonchev–Trinajstić information content (AvgIpc) is 2.30. The molecule has 1 aliphatic heterocycles. The summed E-state index contributed by atoms with van der Waals surface area (Å²) >= 11 is 0. The Hall–Kier alpha value is -1.42. The van der Waals surface area contributed by atoms with Crippen molar-refractivity contribution >= 4 is 5.82 Å². The van der Waals surface area contributed by atoms with Crippen molar-refractivity contribution in [3.05, 3.63) is 29.7 Å². The highest BCUT2D eigenvalue weighted by Crippen LogP contribution is 2.16. The molecule has 2 heterocycles. The van der Waals surface area contributed by atoms with Gasteiger partial charge in [-0.2, -0.15) is 0 Å². The number of anilines is 1. The van der Waals surface area contributed by atoms with Crippen molar-refractivity contribution in [1.82, 2.24) is 15.3 Å². The Labute approximate surface area is 96.4 Å². The van der Waals surface area contributed by atoms with Crippen LogP contribution in [0.3, 0.4) is 0 Å². The van der Waals surface area contributed by atoms with Gasteiger partial charge in [0.05, 0.1) is 18.1 Å². The van der Waals surface area contributed by atoms with Crippen molar-refractivity contribution in [3.63, 3.8) is 0 Å². The first-order valence-electron chi connectivity index (χ1n) is 5.65. The zero-order valence-electron chi connectivity index (χ0n) is 9.90. The molecule has 0 bridgehead atoms. The van der Waals surface area contributed by atoms with Gasteiger partial charge < -0.3 is 10.2 Å². The van der Waals surface area contributed by atoms with E-state index in [1.807, 2.05) is 19.4 Å². The normalized spacial score (nSPS) is 16.1. The van der Waals surface area contributed by atoms with Gasteiger partial charge in [0.25, 0.3) is 0 Å². The fourth-order valence-corrected chi connectivity index (χ4v) is 1.89. The first-order chi connectivity index (χ1) is 7.79. The topological polar surface area (TPSA) is 41.1 Å². The van der Waals surface area contributed by atoms with Crippen LogP contribution in [0.5, 0.6) is 0 Å². The first-order valence-corrected chi connectivity index (χ1v) is 5.65. The van der Waals surface area contributed by atoms with Gasteiger partial charge in [-0.3, -0.25) is 4.98 Å². The SMILES string of the molecule is CNCc1cnc(N2CCC=C(C)C2)cn1. The van der Waals surface area contributed by atoms with Crippen LogP contribution in [0.25, 0.3) is 0 Å². The van der Waals surface area contributed by atoms with E-state index >= 15 is 0 Å². The van der Waals surface area contributed by atoms with Crippen LogP contribution in [0, 0.1) is 0 Å². The second-order valence-corrected chi connectivity index (χ2v) is 4.16. The Morgan fingerprint density at radius 3 is 2.88 bits per heavy atom. The highest BCUT2D eigenvalue weighted by atomic mass is 15.2. The molecule has 0 atom stereocenters. The van der Waals surface area contributed by atoms with Crippen LogP contribution in [0.15, 0.2) is 24.0 Å². The number of aromatic nitrogens is 2. The van der Waals surface area contributed by atoms with Gasteiger partial charge >= 0.3 is 0 Å². The van der Waals surface area contributed by atoms with Crippen LogP contribution in [0.2, 0.25) is 0 Å². The van der Waals surface area contributed by atoms with E-state index in [1.54, 1.807) is 0 Å². The van der Waals surface area contributed by atoms with E-state index in [4.69, 9.17) is 0 Å². The second-order valence-electron chi connectivity index (χ2n) is 4.16. The molecular weight excluding hydrogens is 200 g/mol. The van der Waals surface area contributed by atoms with E-state index in [0.717, 1.165) is 37.6 Å². The van der Waals surface area contributed by atoms with Crippen LogP contribution in [0.4, 0.5) is 5.82 Å². The van der Waals surface area contributed by atoms with Gasteiger partial charge in [0.2, 0.25) is 0 Å². The maximum atomic E-state index is 4.45. The number of nitrogens with one attached hydrogen (secondary N) is 1. The molecule has 0 saturated heterocycles. The number of rotatable bonds is 3. The lowest BCUT2D eigenvalue weighted by molar-refractivity contribution is 0.757. The number of hydrogen-bond acceptors (Lipinski definition) is 4. The summed E-state index contributed by atoms with van der Waals surface area (Å²) in [5, 5.41) is 3.06. The molecule has 4 heteroatoms. The highest BCUT2D eigenvalue weighted by Gasteiger charge is 2.11. The molecule has 1 aromatic heterocycles. The Bertz CT molecular complexity index is 369. The fourth-order valence-electron chi connectivity index (χ4n) is 1.89. The zero-order chi connectivity index (χ0) is 11.4. The minimum atomic E-state index is 0.770. The van der Waals surface area contributed by atoms with Gasteiger partial charge in [0, 0.05) is 19.6 Å². The zero-order valence-corrected chi connectivity index (χ0v) is 9.90. The third kappa shape index (κ3) is 2.58. The Morgan fingerprint density at radius 1 is 1.38 bits per heavy atom. The second kappa shape index (κ2) is 5.07. The monoisotopic (exact) mass is 218 g/mol. The van der Waals surface area contributed by atoms with Crippen molar-refractivity contribution in [2.24, 2.45) is 0 Å². The molecule has 0 unspecified atom stereocenters. The lowest BCUT2D eigenvalue weighted by atomic mass is 10.1. The molecule has 0 spiro atoms. The van der Waals surface area contributed by atoms with Crippen LogP contribution in [-0.2, 0) is 6.54 Å². The van der Waals surface area contributed by atoms with Crippen molar-refractivity contribution < 1.29 is 0 Å². The van der Waals surface area contributed by atoms with E-state index < -0.39 is 0 Å². The van der Waals surface area contributed by atoms with Crippen LogP contribution >= 0.6 is 0 Å². The molecule has 0 aromatic carbocycles. The van der Waals surface area contributed by atoms with Crippen molar-refractivity contribution in [2.75, 3.05) is 25.0 Å². The quantitative estimate of drug-likeness (QED) is 0.778. The third-order valence-corrected chi connectivity index (χ3v) is 2.71. The Kier molecular flexibility index (Phi) is 3.51. The van der Waals surface area contributed by atoms with Crippen LogP contribution < -0.4 is 10.2 Å². The van der Waals surface area contributed by atoms with Crippen molar-refractivity contribution in [2.45, 2.75) is 19.9 Å². The molecule has 0 saturated carbocycles. The lowest BCUT2D eigenvalue weighted by Gasteiger charge is -2.26. The molecule has 1 aliphatic rings. The molecule has 0 radical (unpaired) electrons. The molecule has 1 N–H and O–H groups in total. The summed E-state index contributed by atoms with van der Waals surface area (Å²) < 4.78 is 0. The summed E-state index contributed by atoms with van der Waals surface area (Å²) in [5.41, 5.74) is 2.39. The fraction of sp³-hybridized carbons (Fsp3) is 0.500. The average molecular weight is 218 g/mol. The largest absolute Gasteiger partial charge is 0.351 e. The lowest BCUT2D eigenvalue weighted by Crippen LogP contribution is -2.30. The third-order valence-electron chi connectivity index (χ3n) is 2.71. The Morgan fingerprint density at radius 2 is 2.25 bits per heavy atom. The molecule has 1 aromatic rings. The predicted octanol–water partition coefficient (Wildman–Crippen LogP) is 1.35. The van der Waals surface area contributed by atoms with E-state index in [0.29, 0.717) is 0 Å². The maximum Gasteiger partial charge on any atom is 0.147 e. The summed E-state index contributed by atoms with van der Waals surface area (Å²) in [4.78, 5) is 11.1. The van der Waals surface area contributed by atoms with E-state index in [2.05, 4.69) is 33.2 Å². The molecular formula is C12H18N4. The molecule has 16 heavy (non-hydrogen) atoms. The molecule has 0 fully saturated rings. The minimum Gasteiger partial charge on any atom is -0.351 e. The minimum absolute atomic E-state index is 0.770. The highest BCUT2D eigenvalue weighted by molar-refractivity contribution is 5.39. The van der Waals surface area contributed by atoms with Gasteiger partial charge in [0.1, 0.15) is 5.82 Å². The van der Waals surface area contributed by atoms with E-state index in [9.17, 15) is 0 Å². The molecule has 4 nitrogen and oxygen atoms in total. The molecule has 86 valence electrons. The summed E-state index contributed by atoms with van der Waals surface area (Å²) in [5.74, 6) is 0.979. The Balaban J connectivity index is 2.07. The summed E-state index contributed by atoms with van der Waals surface area (Å²) in [6.07, 6.45) is 7.11. The van der Waals surface area contributed by atoms with Gasteiger partial charge in [0.15, 0.2) is 0 Å². The smallest absolute Gasteiger partial charge is 0.147 e. The van der Waals surface area contributed by atoms with Crippen molar-refractivity contribution in [3.8, 4) is 0 Å².